The molecule has 2 aromatic heterocycles. The molecule has 1 amide bonds. The number of nitrogens with zero attached hydrogens (tertiary/aromatic N) is 4. The van der Waals surface area contributed by atoms with Gasteiger partial charge in [0.2, 0.25) is 5.91 Å². The summed E-state index contributed by atoms with van der Waals surface area (Å²) in [6.45, 7) is 7.49. The van der Waals surface area contributed by atoms with Crippen LogP contribution >= 0.6 is 0 Å². The van der Waals surface area contributed by atoms with E-state index in [9.17, 15) is 4.79 Å². The Balaban J connectivity index is 1.59. The molecule has 0 radical (unpaired) electrons. The number of hydrogen-bond acceptors (Lipinski definition) is 4. The van der Waals surface area contributed by atoms with Gasteiger partial charge in [-0.15, -0.1) is 0 Å². The predicted octanol–water partition coefficient (Wildman–Crippen LogP) is 2.42. The lowest BCUT2D eigenvalue weighted by Gasteiger charge is -2.24. The lowest BCUT2D eigenvalue weighted by Crippen LogP contribution is -2.38. The highest BCUT2D eigenvalue weighted by Crippen LogP contribution is 2.21. The van der Waals surface area contributed by atoms with Crippen molar-refractivity contribution in [2.45, 2.75) is 59.0 Å². The first-order chi connectivity index (χ1) is 11.0. The summed E-state index contributed by atoms with van der Waals surface area (Å²) in [7, 11) is 0. The summed E-state index contributed by atoms with van der Waals surface area (Å²) >= 11 is 0. The molecule has 3 heterocycles. The molecule has 2 aromatic rings. The zero-order valence-corrected chi connectivity index (χ0v) is 14.1. The van der Waals surface area contributed by atoms with E-state index < -0.39 is 0 Å². The number of aryl methyl sites for hydroxylation is 3. The molecular formula is C17H24N4O2. The van der Waals surface area contributed by atoms with Gasteiger partial charge in [-0.2, -0.15) is 5.10 Å². The Hall–Kier alpha value is -2.11. The van der Waals surface area contributed by atoms with Gasteiger partial charge in [-0.3, -0.25) is 9.48 Å². The summed E-state index contributed by atoms with van der Waals surface area (Å²) in [5.41, 5.74) is 3.11. The summed E-state index contributed by atoms with van der Waals surface area (Å²) in [6, 6.07) is 0.256. The third-order valence-electron chi connectivity index (χ3n) is 4.63. The maximum absolute atomic E-state index is 12.6. The second-order valence-electron chi connectivity index (χ2n) is 6.43. The third-order valence-corrected chi connectivity index (χ3v) is 4.63. The molecule has 6 heteroatoms. The summed E-state index contributed by atoms with van der Waals surface area (Å²) in [5.74, 6) is 1.04. The minimum atomic E-state index is 0.219. The molecular weight excluding hydrogens is 292 g/mol. The first-order valence-corrected chi connectivity index (χ1v) is 8.25. The SMILES string of the molecule is Cc1cnn(C[C@@H]2CCCN2C(=O)CCc2c(C)noc2C)c1. The van der Waals surface area contributed by atoms with Crippen LogP contribution in [0.1, 0.15) is 41.8 Å². The van der Waals surface area contributed by atoms with Gasteiger partial charge in [0.05, 0.1) is 24.5 Å². The number of aromatic nitrogens is 3. The quantitative estimate of drug-likeness (QED) is 0.850. The lowest BCUT2D eigenvalue weighted by molar-refractivity contribution is -0.132. The van der Waals surface area contributed by atoms with E-state index in [-0.39, 0.29) is 11.9 Å². The standard InChI is InChI=1S/C17H24N4O2/c1-12-9-18-20(10-12)11-15-5-4-8-21(15)17(22)7-6-16-13(2)19-23-14(16)3/h9-10,15H,4-8,11H2,1-3H3/t15-/m0/s1. The van der Waals surface area contributed by atoms with Gasteiger partial charge in [0.25, 0.3) is 0 Å². The van der Waals surface area contributed by atoms with Gasteiger partial charge >= 0.3 is 0 Å². The molecule has 0 spiro atoms. The second kappa shape index (κ2) is 6.56. The molecule has 0 aromatic carbocycles. The van der Waals surface area contributed by atoms with Crippen LogP contribution in [0.2, 0.25) is 0 Å². The largest absolute Gasteiger partial charge is 0.361 e. The van der Waals surface area contributed by atoms with Crippen LogP contribution in [0.25, 0.3) is 0 Å². The fraction of sp³-hybridized carbons (Fsp3) is 0.588. The van der Waals surface area contributed by atoms with Crippen LogP contribution in [-0.2, 0) is 17.8 Å². The Labute approximate surface area is 136 Å². The van der Waals surface area contributed by atoms with Crippen molar-refractivity contribution in [1.82, 2.24) is 19.8 Å². The van der Waals surface area contributed by atoms with E-state index in [2.05, 4.69) is 10.3 Å². The Bertz CT molecular complexity index is 669. The van der Waals surface area contributed by atoms with E-state index in [0.717, 1.165) is 48.5 Å². The van der Waals surface area contributed by atoms with E-state index in [4.69, 9.17) is 4.52 Å². The number of hydrogen-bond donors (Lipinski definition) is 0. The highest BCUT2D eigenvalue weighted by Gasteiger charge is 2.29. The van der Waals surface area contributed by atoms with Crippen LogP contribution in [-0.4, -0.2) is 38.3 Å². The van der Waals surface area contributed by atoms with Crippen molar-refractivity contribution in [3.05, 3.63) is 35.0 Å². The van der Waals surface area contributed by atoms with Crippen molar-refractivity contribution in [2.24, 2.45) is 0 Å². The zero-order valence-electron chi connectivity index (χ0n) is 14.1. The fourth-order valence-corrected chi connectivity index (χ4v) is 3.37. The average molecular weight is 316 g/mol. The van der Waals surface area contributed by atoms with Gasteiger partial charge < -0.3 is 9.42 Å². The molecule has 0 aliphatic carbocycles. The number of carbonyl (C=O) groups excluding carboxylic acids is 1. The molecule has 0 unspecified atom stereocenters. The van der Waals surface area contributed by atoms with E-state index in [1.807, 2.05) is 42.7 Å². The van der Waals surface area contributed by atoms with Crippen LogP contribution in [0.3, 0.4) is 0 Å². The van der Waals surface area contributed by atoms with Crippen molar-refractivity contribution < 1.29 is 9.32 Å². The number of rotatable bonds is 5. The molecule has 3 rings (SSSR count). The van der Waals surface area contributed by atoms with Gasteiger partial charge in [-0.05, 0) is 45.6 Å². The molecule has 124 valence electrons. The molecule has 1 saturated heterocycles. The Morgan fingerprint density at radius 2 is 2.22 bits per heavy atom. The Morgan fingerprint density at radius 1 is 1.39 bits per heavy atom. The minimum absolute atomic E-state index is 0.219. The van der Waals surface area contributed by atoms with Crippen LogP contribution in [0.5, 0.6) is 0 Å². The van der Waals surface area contributed by atoms with Crippen molar-refractivity contribution in [2.75, 3.05) is 6.54 Å². The van der Waals surface area contributed by atoms with Crippen LogP contribution in [0.4, 0.5) is 0 Å². The van der Waals surface area contributed by atoms with E-state index in [1.165, 1.54) is 0 Å². The van der Waals surface area contributed by atoms with Crippen LogP contribution in [0, 0.1) is 20.8 Å². The molecule has 1 aliphatic heterocycles. The second-order valence-corrected chi connectivity index (χ2v) is 6.43. The fourth-order valence-electron chi connectivity index (χ4n) is 3.37. The monoisotopic (exact) mass is 316 g/mol. The molecule has 23 heavy (non-hydrogen) atoms. The molecule has 1 fully saturated rings. The number of carbonyl (C=O) groups is 1. The molecule has 0 N–H and O–H groups in total. The minimum Gasteiger partial charge on any atom is -0.361 e. The van der Waals surface area contributed by atoms with Crippen molar-refractivity contribution in [1.29, 1.82) is 0 Å². The van der Waals surface area contributed by atoms with Gasteiger partial charge in [-0.1, -0.05) is 5.16 Å². The van der Waals surface area contributed by atoms with Gasteiger partial charge in [0, 0.05) is 24.7 Å². The van der Waals surface area contributed by atoms with E-state index in [0.29, 0.717) is 12.8 Å². The van der Waals surface area contributed by atoms with Gasteiger partial charge in [0.15, 0.2) is 0 Å². The zero-order chi connectivity index (χ0) is 16.4. The molecule has 1 aliphatic rings. The van der Waals surface area contributed by atoms with Crippen LogP contribution < -0.4 is 0 Å². The molecule has 0 bridgehead atoms. The van der Waals surface area contributed by atoms with E-state index >= 15 is 0 Å². The lowest BCUT2D eigenvalue weighted by atomic mass is 10.1. The van der Waals surface area contributed by atoms with Crippen molar-refractivity contribution >= 4 is 5.91 Å². The maximum Gasteiger partial charge on any atom is 0.223 e. The summed E-state index contributed by atoms with van der Waals surface area (Å²) in [5, 5.41) is 8.29. The summed E-state index contributed by atoms with van der Waals surface area (Å²) in [4.78, 5) is 14.6. The predicted molar refractivity (Wildman–Crippen MR) is 86.0 cm³/mol. The van der Waals surface area contributed by atoms with Crippen LogP contribution in [0.15, 0.2) is 16.9 Å². The Kier molecular flexibility index (Phi) is 4.50. The molecule has 6 nitrogen and oxygen atoms in total. The van der Waals surface area contributed by atoms with Gasteiger partial charge in [0.1, 0.15) is 5.76 Å². The van der Waals surface area contributed by atoms with Crippen molar-refractivity contribution in [3.63, 3.8) is 0 Å². The Morgan fingerprint density at radius 3 is 2.87 bits per heavy atom. The third kappa shape index (κ3) is 3.46. The highest BCUT2D eigenvalue weighted by atomic mass is 16.5. The summed E-state index contributed by atoms with van der Waals surface area (Å²) < 4.78 is 7.11. The number of likely N-dealkylation sites (tertiary alicyclic amines) is 1. The smallest absolute Gasteiger partial charge is 0.223 e. The van der Waals surface area contributed by atoms with Crippen molar-refractivity contribution in [3.8, 4) is 0 Å². The maximum atomic E-state index is 12.6. The summed E-state index contributed by atoms with van der Waals surface area (Å²) in [6.07, 6.45) is 7.23. The topological polar surface area (TPSA) is 64.2 Å². The molecule has 0 saturated carbocycles. The van der Waals surface area contributed by atoms with Gasteiger partial charge in [-0.25, -0.2) is 0 Å². The molecule has 1 atom stereocenters. The first kappa shape index (κ1) is 15.8. The average Bonchev–Trinajstić information content (AvgIpc) is 3.21. The highest BCUT2D eigenvalue weighted by molar-refractivity contribution is 5.77. The number of amides is 1. The first-order valence-electron chi connectivity index (χ1n) is 8.25. The normalized spacial score (nSPS) is 17.9. The van der Waals surface area contributed by atoms with E-state index in [1.54, 1.807) is 0 Å².